The minimum absolute atomic E-state index is 0.220. The van der Waals surface area contributed by atoms with Crippen LogP contribution in [0.1, 0.15) is 44.4 Å². The first-order valence-corrected chi connectivity index (χ1v) is 5.32. The van der Waals surface area contributed by atoms with Crippen molar-refractivity contribution < 1.29 is 4.52 Å². The molecule has 0 radical (unpaired) electrons. The fourth-order valence-electron chi connectivity index (χ4n) is 1.22. The zero-order chi connectivity index (χ0) is 11.3. The lowest BCUT2D eigenvalue weighted by atomic mass is 10.1. The molecular formula is C11H19N3O. The molecule has 1 unspecified atom stereocenters. The lowest BCUT2D eigenvalue weighted by Gasteiger charge is -2.00. The molecule has 15 heavy (non-hydrogen) atoms. The van der Waals surface area contributed by atoms with Crippen LogP contribution in [0.15, 0.2) is 17.2 Å². The molecule has 0 aliphatic carbocycles. The third-order valence-corrected chi connectivity index (χ3v) is 2.17. The Kier molecular flexibility index (Phi) is 4.49. The van der Waals surface area contributed by atoms with Crippen LogP contribution in [0.4, 0.5) is 0 Å². The van der Waals surface area contributed by atoms with Crippen molar-refractivity contribution in [3.63, 3.8) is 0 Å². The van der Waals surface area contributed by atoms with Crippen LogP contribution in [0.2, 0.25) is 0 Å². The van der Waals surface area contributed by atoms with Crippen LogP contribution < -0.4 is 5.73 Å². The van der Waals surface area contributed by atoms with Crippen molar-refractivity contribution in [3.8, 4) is 0 Å². The predicted molar refractivity (Wildman–Crippen MR) is 59.2 cm³/mol. The highest BCUT2D eigenvalue weighted by Crippen LogP contribution is 2.13. The molecule has 84 valence electrons. The molecule has 0 aliphatic heterocycles. The number of aryl methyl sites for hydroxylation is 1. The average molecular weight is 209 g/mol. The second-order valence-corrected chi connectivity index (χ2v) is 4.11. The number of rotatable bonds is 6. The van der Waals surface area contributed by atoms with Crippen LogP contribution in [-0.4, -0.2) is 10.1 Å². The van der Waals surface area contributed by atoms with Crippen molar-refractivity contribution in [2.45, 2.75) is 39.2 Å². The highest BCUT2D eigenvalue weighted by Gasteiger charge is 2.13. The Morgan fingerprint density at radius 3 is 2.87 bits per heavy atom. The summed E-state index contributed by atoms with van der Waals surface area (Å²) in [7, 11) is 0. The molecule has 0 bridgehead atoms. The summed E-state index contributed by atoms with van der Waals surface area (Å²) in [6.07, 6.45) is 4.33. The Bertz CT molecular complexity index is 307. The summed E-state index contributed by atoms with van der Waals surface area (Å²) in [6, 6.07) is -0.220. The van der Waals surface area contributed by atoms with Crippen LogP contribution in [0.25, 0.3) is 0 Å². The fraction of sp³-hybridized carbons (Fsp3) is 0.636. The molecule has 4 heteroatoms. The Morgan fingerprint density at radius 2 is 2.27 bits per heavy atom. The zero-order valence-corrected chi connectivity index (χ0v) is 9.44. The number of hydrogen-bond acceptors (Lipinski definition) is 4. The van der Waals surface area contributed by atoms with Gasteiger partial charge in [0.05, 0.1) is 6.04 Å². The average Bonchev–Trinajstić information content (AvgIpc) is 2.63. The van der Waals surface area contributed by atoms with Crippen LogP contribution in [0.3, 0.4) is 0 Å². The molecule has 0 aromatic carbocycles. The second kappa shape index (κ2) is 5.66. The predicted octanol–water partition coefficient (Wildman–Crippen LogP) is 2.23. The van der Waals surface area contributed by atoms with Crippen molar-refractivity contribution in [1.29, 1.82) is 0 Å². The molecular weight excluding hydrogens is 190 g/mol. The molecule has 4 nitrogen and oxygen atoms in total. The van der Waals surface area contributed by atoms with Gasteiger partial charge < -0.3 is 10.3 Å². The van der Waals surface area contributed by atoms with E-state index in [4.69, 9.17) is 10.3 Å². The third kappa shape index (κ3) is 3.83. The summed E-state index contributed by atoms with van der Waals surface area (Å²) in [5, 5.41) is 3.89. The van der Waals surface area contributed by atoms with Crippen LogP contribution in [-0.2, 0) is 6.42 Å². The molecule has 1 heterocycles. The number of hydrogen-bond donors (Lipinski definition) is 1. The van der Waals surface area contributed by atoms with E-state index in [1.807, 2.05) is 0 Å². The van der Waals surface area contributed by atoms with Gasteiger partial charge in [-0.15, -0.1) is 6.58 Å². The normalized spacial score (nSPS) is 13.1. The van der Waals surface area contributed by atoms with E-state index in [9.17, 15) is 0 Å². The van der Waals surface area contributed by atoms with Crippen LogP contribution in [0, 0.1) is 5.92 Å². The molecule has 0 spiro atoms. The third-order valence-electron chi connectivity index (χ3n) is 2.17. The summed E-state index contributed by atoms with van der Waals surface area (Å²) in [5.74, 6) is 1.90. The molecule has 1 aromatic heterocycles. The Hall–Kier alpha value is -1.16. The van der Waals surface area contributed by atoms with Gasteiger partial charge >= 0.3 is 0 Å². The van der Waals surface area contributed by atoms with Gasteiger partial charge in [0.2, 0.25) is 5.89 Å². The largest absolute Gasteiger partial charge is 0.338 e. The summed E-state index contributed by atoms with van der Waals surface area (Å²) in [6.45, 7) is 7.96. The zero-order valence-electron chi connectivity index (χ0n) is 9.44. The molecule has 0 amide bonds. The molecule has 1 aromatic rings. The first-order valence-electron chi connectivity index (χ1n) is 5.32. The van der Waals surface area contributed by atoms with E-state index in [1.165, 1.54) is 0 Å². The van der Waals surface area contributed by atoms with E-state index >= 15 is 0 Å². The molecule has 1 rings (SSSR count). The van der Waals surface area contributed by atoms with E-state index in [2.05, 4.69) is 30.6 Å². The van der Waals surface area contributed by atoms with Crippen molar-refractivity contribution in [2.24, 2.45) is 11.7 Å². The lowest BCUT2D eigenvalue weighted by molar-refractivity contribution is 0.350. The van der Waals surface area contributed by atoms with Gasteiger partial charge in [0.1, 0.15) is 0 Å². The SMILES string of the molecule is C=CCC(N)c1nc(CCC(C)C)no1. The molecule has 2 N–H and O–H groups in total. The van der Waals surface area contributed by atoms with Crippen molar-refractivity contribution in [2.75, 3.05) is 0 Å². The quantitative estimate of drug-likeness (QED) is 0.730. The Balaban J connectivity index is 2.51. The highest BCUT2D eigenvalue weighted by atomic mass is 16.5. The van der Waals surface area contributed by atoms with Crippen LogP contribution >= 0.6 is 0 Å². The minimum Gasteiger partial charge on any atom is -0.338 e. The minimum atomic E-state index is -0.220. The van der Waals surface area contributed by atoms with Crippen molar-refractivity contribution >= 4 is 0 Å². The summed E-state index contributed by atoms with van der Waals surface area (Å²) in [4.78, 5) is 4.25. The van der Waals surface area contributed by atoms with Gasteiger partial charge in [-0.05, 0) is 18.8 Å². The number of nitrogens with zero attached hydrogens (tertiary/aromatic N) is 2. The molecule has 0 aliphatic rings. The summed E-state index contributed by atoms with van der Waals surface area (Å²) in [5.41, 5.74) is 5.81. The van der Waals surface area contributed by atoms with E-state index < -0.39 is 0 Å². The summed E-state index contributed by atoms with van der Waals surface area (Å²) >= 11 is 0. The van der Waals surface area contributed by atoms with Gasteiger partial charge in [-0.2, -0.15) is 4.98 Å². The van der Waals surface area contributed by atoms with E-state index in [0.717, 1.165) is 18.7 Å². The van der Waals surface area contributed by atoms with Crippen LogP contribution in [0.5, 0.6) is 0 Å². The van der Waals surface area contributed by atoms with E-state index in [1.54, 1.807) is 6.08 Å². The monoisotopic (exact) mass is 209 g/mol. The maximum absolute atomic E-state index is 5.81. The van der Waals surface area contributed by atoms with E-state index in [-0.39, 0.29) is 6.04 Å². The summed E-state index contributed by atoms with van der Waals surface area (Å²) < 4.78 is 5.08. The van der Waals surface area contributed by atoms with Crippen molar-refractivity contribution in [3.05, 3.63) is 24.4 Å². The molecule has 1 atom stereocenters. The second-order valence-electron chi connectivity index (χ2n) is 4.11. The highest BCUT2D eigenvalue weighted by molar-refractivity contribution is 4.94. The maximum atomic E-state index is 5.81. The topological polar surface area (TPSA) is 64.9 Å². The van der Waals surface area contributed by atoms with Gasteiger partial charge in [-0.3, -0.25) is 0 Å². The fourth-order valence-corrected chi connectivity index (χ4v) is 1.22. The number of aromatic nitrogens is 2. The van der Waals surface area contributed by atoms with Gasteiger partial charge in [-0.25, -0.2) is 0 Å². The molecule has 0 fully saturated rings. The molecule has 0 saturated carbocycles. The van der Waals surface area contributed by atoms with Crippen molar-refractivity contribution in [1.82, 2.24) is 10.1 Å². The first kappa shape index (κ1) is 11.9. The maximum Gasteiger partial charge on any atom is 0.243 e. The Morgan fingerprint density at radius 1 is 1.53 bits per heavy atom. The van der Waals surface area contributed by atoms with Gasteiger partial charge in [-0.1, -0.05) is 25.1 Å². The standard InChI is InChI=1S/C11H19N3O/c1-4-5-9(12)11-13-10(14-15-11)7-6-8(2)3/h4,8-9H,1,5-7,12H2,2-3H3. The van der Waals surface area contributed by atoms with E-state index in [0.29, 0.717) is 18.2 Å². The molecule has 0 saturated heterocycles. The lowest BCUT2D eigenvalue weighted by Crippen LogP contribution is -2.09. The van der Waals surface area contributed by atoms with Gasteiger partial charge in [0, 0.05) is 6.42 Å². The van der Waals surface area contributed by atoms with Gasteiger partial charge in [0.25, 0.3) is 0 Å². The van der Waals surface area contributed by atoms with Gasteiger partial charge in [0.15, 0.2) is 5.82 Å². The Labute approximate surface area is 90.6 Å². The smallest absolute Gasteiger partial charge is 0.243 e. The number of nitrogens with two attached hydrogens (primary N) is 1. The first-order chi connectivity index (χ1) is 7.13.